The van der Waals surface area contributed by atoms with Gasteiger partial charge < -0.3 is 10.2 Å². The van der Waals surface area contributed by atoms with Gasteiger partial charge in [-0.1, -0.05) is 26.0 Å². The lowest BCUT2D eigenvalue weighted by Gasteiger charge is -2.35. The van der Waals surface area contributed by atoms with E-state index in [1.165, 1.54) is 0 Å². The van der Waals surface area contributed by atoms with E-state index in [1.54, 1.807) is 6.08 Å². The minimum Gasteiger partial charge on any atom is -0.349 e. The Morgan fingerprint density at radius 2 is 1.77 bits per heavy atom. The molecule has 2 amide bonds. The highest BCUT2D eigenvalue weighted by Crippen LogP contribution is 2.19. The van der Waals surface area contributed by atoms with Gasteiger partial charge in [0.2, 0.25) is 5.91 Å². The third-order valence-electron chi connectivity index (χ3n) is 4.81. The van der Waals surface area contributed by atoms with Gasteiger partial charge in [-0.15, -0.1) is 0 Å². The van der Waals surface area contributed by atoms with Crippen molar-refractivity contribution in [2.75, 3.05) is 32.7 Å². The summed E-state index contributed by atoms with van der Waals surface area (Å²) in [5.74, 6) is 0.703. The Balaban J connectivity index is 1.48. The standard InChI is InChI=1S/C21H29N3O2/c1-16(2)15-23-11-13-24(14-12-23)20(25)10-5-17-3-6-18(7-4-17)21(26)22-19-8-9-19/h3-7,10,16,19H,8-9,11-15H2,1-2H3,(H,22,26)/b10-5+. The SMILES string of the molecule is CC(C)CN1CCN(C(=O)/C=C/c2ccc(C(=O)NC3CC3)cc2)CC1. The average Bonchev–Trinajstić information content (AvgIpc) is 3.44. The molecule has 2 fully saturated rings. The summed E-state index contributed by atoms with van der Waals surface area (Å²) in [7, 11) is 0. The van der Waals surface area contributed by atoms with Crippen molar-refractivity contribution in [3.8, 4) is 0 Å². The molecular formula is C21H29N3O2. The predicted molar refractivity (Wildman–Crippen MR) is 104 cm³/mol. The van der Waals surface area contributed by atoms with Crippen molar-refractivity contribution in [1.82, 2.24) is 15.1 Å². The molecule has 0 spiro atoms. The Hall–Kier alpha value is -2.14. The van der Waals surface area contributed by atoms with Crippen molar-refractivity contribution >= 4 is 17.9 Å². The lowest BCUT2D eigenvalue weighted by atomic mass is 10.1. The second kappa shape index (κ2) is 8.49. The number of hydrogen-bond donors (Lipinski definition) is 1. The summed E-state index contributed by atoms with van der Waals surface area (Å²) in [4.78, 5) is 28.7. The number of benzene rings is 1. The van der Waals surface area contributed by atoms with Crippen molar-refractivity contribution in [2.24, 2.45) is 5.92 Å². The first-order chi connectivity index (χ1) is 12.5. The molecule has 0 unspecified atom stereocenters. The van der Waals surface area contributed by atoms with Gasteiger partial charge in [0, 0.05) is 50.4 Å². The quantitative estimate of drug-likeness (QED) is 0.797. The summed E-state index contributed by atoms with van der Waals surface area (Å²) < 4.78 is 0. The molecule has 0 radical (unpaired) electrons. The number of piperazine rings is 1. The van der Waals surface area contributed by atoms with Gasteiger partial charge in [-0.25, -0.2) is 0 Å². The van der Waals surface area contributed by atoms with E-state index < -0.39 is 0 Å². The highest BCUT2D eigenvalue weighted by molar-refractivity contribution is 5.95. The summed E-state index contributed by atoms with van der Waals surface area (Å²) in [6.45, 7) is 9.01. The zero-order valence-electron chi connectivity index (χ0n) is 15.8. The smallest absolute Gasteiger partial charge is 0.251 e. The highest BCUT2D eigenvalue weighted by Gasteiger charge is 2.23. The Morgan fingerprint density at radius 1 is 1.12 bits per heavy atom. The van der Waals surface area contributed by atoms with E-state index >= 15 is 0 Å². The maximum atomic E-state index is 12.4. The molecule has 26 heavy (non-hydrogen) atoms. The summed E-state index contributed by atoms with van der Waals surface area (Å²) in [6, 6.07) is 7.75. The van der Waals surface area contributed by atoms with Crippen molar-refractivity contribution < 1.29 is 9.59 Å². The van der Waals surface area contributed by atoms with Crippen LogP contribution in [0, 0.1) is 5.92 Å². The third kappa shape index (κ3) is 5.43. The molecule has 2 aliphatic rings. The van der Waals surface area contributed by atoms with Gasteiger partial charge >= 0.3 is 0 Å². The zero-order valence-corrected chi connectivity index (χ0v) is 15.8. The van der Waals surface area contributed by atoms with E-state index in [1.807, 2.05) is 35.2 Å². The Morgan fingerprint density at radius 3 is 2.35 bits per heavy atom. The molecule has 1 N–H and O–H groups in total. The molecule has 140 valence electrons. The van der Waals surface area contributed by atoms with E-state index in [9.17, 15) is 9.59 Å². The van der Waals surface area contributed by atoms with Crippen molar-refractivity contribution in [3.05, 3.63) is 41.5 Å². The first-order valence-corrected chi connectivity index (χ1v) is 9.61. The van der Waals surface area contributed by atoms with Crippen molar-refractivity contribution in [1.29, 1.82) is 0 Å². The Bertz CT molecular complexity index is 654. The maximum absolute atomic E-state index is 12.4. The van der Waals surface area contributed by atoms with Crippen LogP contribution >= 0.6 is 0 Å². The monoisotopic (exact) mass is 355 g/mol. The third-order valence-corrected chi connectivity index (χ3v) is 4.81. The molecule has 0 atom stereocenters. The fourth-order valence-corrected chi connectivity index (χ4v) is 3.18. The van der Waals surface area contributed by atoms with Gasteiger partial charge in [0.25, 0.3) is 5.91 Å². The molecule has 5 nitrogen and oxygen atoms in total. The van der Waals surface area contributed by atoms with Gasteiger partial charge in [-0.05, 0) is 42.5 Å². The molecule has 1 aliphatic carbocycles. The zero-order chi connectivity index (χ0) is 18.5. The van der Waals surface area contributed by atoms with Gasteiger partial charge in [-0.3, -0.25) is 14.5 Å². The number of nitrogens with zero attached hydrogens (tertiary/aromatic N) is 2. The number of hydrogen-bond acceptors (Lipinski definition) is 3. The predicted octanol–water partition coefficient (Wildman–Crippen LogP) is 2.39. The lowest BCUT2D eigenvalue weighted by molar-refractivity contribution is -0.127. The summed E-state index contributed by atoms with van der Waals surface area (Å²) in [6.07, 6.45) is 5.63. The van der Waals surface area contributed by atoms with E-state index in [0.29, 0.717) is 17.5 Å². The van der Waals surface area contributed by atoms with Gasteiger partial charge in [0.1, 0.15) is 0 Å². The Kier molecular flexibility index (Phi) is 6.09. The van der Waals surface area contributed by atoms with Gasteiger partial charge in [-0.2, -0.15) is 0 Å². The van der Waals surface area contributed by atoms with Crippen LogP contribution < -0.4 is 5.32 Å². The second-order valence-corrected chi connectivity index (χ2v) is 7.72. The van der Waals surface area contributed by atoms with Crippen LogP contribution in [0.15, 0.2) is 30.3 Å². The molecule has 0 aromatic heterocycles. The Labute approximate surface area is 156 Å². The van der Waals surface area contributed by atoms with Crippen LogP contribution in [0.2, 0.25) is 0 Å². The first kappa shape index (κ1) is 18.6. The van der Waals surface area contributed by atoms with Crippen LogP contribution in [0.25, 0.3) is 6.08 Å². The van der Waals surface area contributed by atoms with Crippen LogP contribution in [0.3, 0.4) is 0 Å². The average molecular weight is 355 g/mol. The number of rotatable bonds is 6. The molecule has 1 saturated heterocycles. The van der Waals surface area contributed by atoms with Crippen LogP contribution in [-0.2, 0) is 4.79 Å². The molecule has 0 bridgehead atoms. The largest absolute Gasteiger partial charge is 0.349 e. The maximum Gasteiger partial charge on any atom is 0.251 e. The molecule has 1 heterocycles. The van der Waals surface area contributed by atoms with Gasteiger partial charge in [0.05, 0.1) is 0 Å². The van der Waals surface area contributed by atoms with E-state index in [4.69, 9.17) is 0 Å². The van der Waals surface area contributed by atoms with Crippen LogP contribution in [0.1, 0.15) is 42.6 Å². The normalized spacial score (nSPS) is 18.5. The fraction of sp³-hybridized carbons (Fsp3) is 0.524. The molecule has 3 rings (SSSR count). The van der Waals surface area contributed by atoms with E-state index in [2.05, 4.69) is 24.1 Å². The minimum absolute atomic E-state index is 0.0154. The van der Waals surface area contributed by atoms with Gasteiger partial charge in [0.15, 0.2) is 0 Å². The first-order valence-electron chi connectivity index (χ1n) is 9.61. The molecule has 1 aliphatic heterocycles. The fourth-order valence-electron chi connectivity index (χ4n) is 3.18. The summed E-state index contributed by atoms with van der Waals surface area (Å²) >= 11 is 0. The topological polar surface area (TPSA) is 52.7 Å². The second-order valence-electron chi connectivity index (χ2n) is 7.72. The molecule has 5 heteroatoms. The van der Waals surface area contributed by atoms with Crippen LogP contribution in [0.5, 0.6) is 0 Å². The summed E-state index contributed by atoms with van der Waals surface area (Å²) in [5.41, 5.74) is 1.60. The van der Waals surface area contributed by atoms with E-state index in [0.717, 1.165) is 51.1 Å². The number of carbonyl (C=O) groups excluding carboxylic acids is 2. The molecule has 1 aromatic carbocycles. The van der Waals surface area contributed by atoms with Crippen LogP contribution in [-0.4, -0.2) is 60.4 Å². The van der Waals surface area contributed by atoms with Crippen molar-refractivity contribution in [2.45, 2.75) is 32.7 Å². The number of nitrogens with one attached hydrogen (secondary N) is 1. The van der Waals surface area contributed by atoms with Crippen LogP contribution in [0.4, 0.5) is 0 Å². The van der Waals surface area contributed by atoms with Crippen molar-refractivity contribution in [3.63, 3.8) is 0 Å². The highest BCUT2D eigenvalue weighted by atomic mass is 16.2. The molecular weight excluding hydrogens is 326 g/mol. The minimum atomic E-state index is -0.0154. The molecule has 1 aromatic rings. The molecule has 1 saturated carbocycles. The number of amides is 2. The lowest BCUT2D eigenvalue weighted by Crippen LogP contribution is -2.49. The summed E-state index contributed by atoms with van der Waals surface area (Å²) in [5, 5.41) is 2.98. The van der Waals surface area contributed by atoms with E-state index in [-0.39, 0.29) is 11.8 Å². The number of carbonyl (C=O) groups is 2.